The molecule has 0 unspecified atom stereocenters. The number of nitrogens with zero attached hydrogens (tertiary/aromatic N) is 2. The van der Waals surface area contributed by atoms with Crippen LogP contribution in [0.3, 0.4) is 0 Å². The molecule has 0 fully saturated rings. The molecule has 0 atom stereocenters. The molecule has 0 radical (unpaired) electrons. The molecule has 8 aromatic carbocycles. The maximum Gasteiger partial charge on any atom is 0.247 e. The number of benzene rings is 8. The molecule has 2 aliphatic rings. The molecule has 0 N–H and O–H groups in total. The number of hydrogen-bond acceptors (Lipinski definition) is 7. The summed E-state index contributed by atoms with van der Waals surface area (Å²) in [5.41, 5.74) is 14.0. The van der Waals surface area contributed by atoms with Gasteiger partial charge in [-0.3, -0.25) is 4.79 Å². The number of rotatable bonds is 10. The summed E-state index contributed by atoms with van der Waals surface area (Å²) in [5, 5.41) is 0. The maximum absolute atomic E-state index is 14.2. The zero-order chi connectivity index (χ0) is 42.3. The number of carbonyl (C=O) groups is 1. The van der Waals surface area contributed by atoms with Gasteiger partial charge in [-0.05, 0) is 143 Å². The molecule has 300 valence electrons. The van der Waals surface area contributed by atoms with Gasteiger partial charge in [0.15, 0.2) is 5.78 Å². The van der Waals surface area contributed by atoms with Crippen LogP contribution >= 0.6 is 0 Å². The topological polar surface area (TPSA) is 60.5 Å². The third-order valence-corrected chi connectivity index (χ3v) is 12.2. The second kappa shape index (κ2) is 16.1. The van der Waals surface area contributed by atoms with Crippen molar-refractivity contribution in [3.8, 4) is 23.0 Å². The first kappa shape index (κ1) is 38.6. The monoisotopic (exact) mass is 808 g/mol. The number of ether oxygens (including phenoxy) is 4. The molecule has 0 spiro atoms. The first-order valence-electron chi connectivity index (χ1n) is 20.6. The summed E-state index contributed by atoms with van der Waals surface area (Å²) in [6.45, 7) is -0.0939. The lowest BCUT2D eigenvalue weighted by Gasteiger charge is -2.37. The number of methoxy groups -OCH3 is 4. The fourth-order valence-corrected chi connectivity index (χ4v) is 9.23. The third-order valence-electron chi connectivity index (χ3n) is 12.2. The highest BCUT2D eigenvalue weighted by molar-refractivity contribution is 6.98. The molecule has 2 heterocycles. The van der Waals surface area contributed by atoms with Crippen LogP contribution in [0.15, 0.2) is 182 Å². The minimum absolute atomic E-state index is 0.0469. The molecule has 62 heavy (non-hydrogen) atoms. The molecular weight excluding hydrogens is 766 g/mol. The number of ketones is 1. The first-order chi connectivity index (χ1) is 30.5. The average molecular weight is 809 g/mol. The maximum atomic E-state index is 14.2. The van der Waals surface area contributed by atoms with Crippen LogP contribution in [0.2, 0.25) is 0 Å². The number of hydrogen-bond donors (Lipinski definition) is 0. The van der Waals surface area contributed by atoms with Gasteiger partial charge in [-0.1, -0.05) is 71.6 Å². The van der Waals surface area contributed by atoms with Crippen LogP contribution in [-0.4, -0.2) is 47.6 Å². The molecule has 10 rings (SSSR count). The Morgan fingerprint density at radius 3 is 0.935 bits per heavy atom. The van der Waals surface area contributed by atoms with E-state index in [0.717, 1.165) is 79.0 Å². The van der Waals surface area contributed by atoms with Gasteiger partial charge in [0.05, 0.1) is 28.4 Å². The molecule has 8 aromatic rings. The molecule has 0 amide bonds. The van der Waals surface area contributed by atoms with E-state index in [0.29, 0.717) is 11.1 Å². The highest BCUT2D eigenvalue weighted by atomic mass is 16.5. The second-order valence-corrected chi connectivity index (χ2v) is 15.5. The van der Waals surface area contributed by atoms with Crippen molar-refractivity contribution in [3.63, 3.8) is 0 Å². The molecule has 0 aromatic heterocycles. The van der Waals surface area contributed by atoms with E-state index < -0.39 is 0 Å². The molecule has 0 saturated carbocycles. The Morgan fingerprint density at radius 1 is 0.371 bits per heavy atom. The van der Waals surface area contributed by atoms with Crippen LogP contribution in [0.5, 0.6) is 23.0 Å². The second-order valence-electron chi connectivity index (χ2n) is 15.5. The molecule has 2 aliphatic heterocycles. The fourth-order valence-electron chi connectivity index (χ4n) is 9.23. The van der Waals surface area contributed by atoms with Crippen LogP contribution in [0.25, 0.3) is 0 Å². The van der Waals surface area contributed by atoms with Gasteiger partial charge in [0, 0.05) is 45.3 Å². The summed E-state index contributed by atoms with van der Waals surface area (Å²) >= 11 is 0. The van der Waals surface area contributed by atoms with Crippen LogP contribution in [-0.2, 0) is 0 Å². The van der Waals surface area contributed by atoms with Gasteiger partial charge in [-0.2, -0.15) is 0 Å². The highest BCUT2D eigenvalue weighted by Gasteiger charge is 2.38. The van der Waals surface area contributed by atoms with Gasteiger partial charge in [0.1, 0.15) is 23.0 Å². The first-order valence-corrected chi connectivity index (χ1v) is 20.6. The lowest BCUT2D eigenvalue weighted by Crippen LogP contribution is -2.57. The lowest BCUT2D eigenvalue weighted by molar-refractivity contribution is 0.103. The summed E-state index contributed by atoms with van der Waals surface area (Å²) in [6, 6.07) is 61.8. The Hall–Kier alpha value is -7.64. The average Bonchev–Trinajstić information content (AvgIpc) is 3.34. The lowest BCUT2D eigenvalue weighted by atomic mass is 9.35. The third kappa shape index (κ3) is 6.63. The number of anilines is 6. The Kier molecular flexibility index (Phi) is 10.0. The van der Waals surface area contributed by atoms with Crippen molar-refractivity contribution in [2.45, 2.75) is 0 Å². The van der Waals surface area contributed by atoms with E-state index in [2.05, 4.69) is 107 Å². The Balaban J connectivity index is 0.994. The zero-order valence-electron chi connectivity index (χ0n) is 34.9. The molecule has 0 aliphatic carbocycles. The van der Waals surface area contributed by atoms with Crippen LogP contribution in [0.1, 0.15) is 15.9 Å². The van der Waals surface area contributed by atoms with E-state index in [9.17, 15) is 4.79 Å². The SMILES string of the molecule is COc1ccc2c(c1)B(c1ccccc1)c1cc(OC)ccc1N2c1ccc(C(=O)c2ccc(N3c4ccc(OC)cc4B(c4ccccc4)c4cc(OC)ccc43)cc2)cc1. The fraction of sp³-hybridized carbons (Fsp3) is 0.0755. The van der Waals surface area contributed by atoms with Gasteiger partial charge in [-0.25, -0.2) is 0 Å². The summed E-state index contributed by atoms with van der Waals surface area (Å²) in [6.07, 6.45) is 0. The highest BCUT2D eigenvalue weighted by Crippen LogP contribution is 2.40. The summed E-state index contributed by atoms with van der Waals surface area (Å²) < 4.78 is 23.0. The van der Waals surface area contributed by atoms with Crippen molar-refractivity contribution in [2.75, 3.05) is 38.2 Å². The van der Waals surface area contributed by atoms with Crippen molar-refractivity contribution in [1.29, 1.82) is 0 Å². The van der Waals surface area contributed by atoms with Crippen molar-refractivity contribution < 1.29 is 23.7 Å². The minimum Gasteiger partial charge on any atom is -0.497 e. The predicted molar refractivity (Wildman–Crippen MR) is 254 cm³/mol. The zero-order valence-corrected chi connectivity index (χ0v) is 34.9. The van der Waals surface area contributed by atoms with Crippen molar-refractivity contribution in [1.82, 2.24) is 0 Å². The predicted octanol–water partition coefficient (Wildman–Crippen LogP) is 7.55. The van der Waals surface area contributed by atoms with Gasteiger partial charge in [0.2, 0.25) is 13.4 Å². The molecule has 0 saturated heterocycles. The Bertz CT molecular complexity index is 2630. The summed E-state index contributed by atoms with van der Waals surface area (Å²) in [4.78, 5) is 18.7. The van der Waals surface area contributed by atoms with Crippen LogP contribution in [0, 0.1) is 0 Å². The quantitative estimate of drug-likeness (QED) is 0.105. The molecule has 7 nitrogen and oxygen atoms in total. The molecule has 0 bridgehead atoms. The van der Waals surface area contributed by atoms with Gasteiger partial charge in [-0.15, -0.1) is 0 Å². The van der Waals surface area contributed by atoms with Crippen molar-refractivity contribution in [3.05, 3.63) is 193 Å². The largest absolute Gasteiger partial charge is 0.497 e. The minimum atomic E-state index is -0.0563. The van der Waals surface area contributed by atoms with Gasteiger partial charge < -0.3 is 28.7 Å². The van der Waals surface area contributed by atoms with E-state index in [1.54, 1.807) is 28.4 Å². The van der Waals surface area contributed by atoms with Crippen LogP contribution in [0.4, 0.5) is 34.1 Å². The van der Waals surface area contributed by atoms with Gasteiger partial charge in [0.25, 0.3) is 0 Å². The number of carbonyl (C=O) groups excluding carboxylic acids is 1. The summed E-state index contributed by atoms with van der Waals surface area (Å²) in [7, 11) is 6.79. The Morgan fingerprint density at radius 2 is 0.661 bits per heavy atom. The van der Waals surface area contributed by atoms with E-state index in [1.165, 1.54) is 10.9 Å². The Labute approximate surface area is 362 Å². The van der Waals surface area contributed by atoms with E-state index in [4.69, 9.17) is 18.9 Å². The van der Waals surface area contributed by atoms with E-state index in [1.807, 2.05) is 84.9 Å². The smallest absolute Gasteiger partial charge is 0.247 e. The van der Waals surface area contributed by atoms with E-state index >= 15 is 0 Å². The molecule has 9 heteroatoms. The number of fused-ring (bicyclic) bond motifs is 4. The molecular formula is C53H42B2N2O5. The standard InChI is InChI=1S/C53H42B2N2O5/c1-59-41-23-27-49-45(31-41)54(37-11-7-5-8-12-37)46-32-42(60-2)24-28-50(46)56(49)39-19-15-35(16-20-39)53(58)36-17-21-40(22-18-36)57-51-29-25-43(61-3)33-47(51)55(38-13-9-6-10-14-38)48-34-44(62-4)26-30-52(48)57/h5-34H,1-4H3. The van der Waals surface area contributed by atoms with Crippen molar-refractivity contribution in [2.24, 2.45) is 0 Å². The normalized spacial score (nSPS) is 12.5. The van der Waals surface area contributed by atoms with Crippen molar-refractivity contribution >= 4 is 86.1 Å². The van der Waals surface area contributed by atoms with E-state index in [-0.39, 0.29) is 19.2 Å². The van der Waals surface area contributed by atoms with Gasteiger partial charge >= 0.3 is 0 Å². The van der Waals surface area contributed by atoms with Crippen LogP contribution < -0.4 is 61.5 Å². The summed E-state index contributed by atoms with van der Waals surface area (Å²) in [5.74, 6) is 3.09.